The molecule has 1 aromatic heterocycles. The van der Waals surface area contributed by atoms with Crippen LogP contribution < -0.4 is 4.74 Å². The van der Waals surface area contributed by atoms with Crippen molar-refractivity contribution in [1.82, 2.24) is 9.97 Å². The van der Waals surface area contributed by atoms with Crippen molar-refractivity contribution in [2.75, 3.05) is 6.61 Å². The molecule has 14 heavy (non-hydrogen) atoms. The molecule has 1 rings (SSSR count). The highest BCUT2D eigenvalue weighted by atomic mass is 35.5. The summed E-state index contributed by atoms with van der Waals surface area (Å²) in [6.45, 7) is 6.53. The molecule has 0 spiro atoms. The molecule has 0 bridgehead atoms. The van der Waals surface area contributed by atoms with Gasteiger partial charge in [-0.2, -0.15) is 0 Å². The Hall–Kier alpha value is -0.830. The van der Waals surface area contributed by atoms with Gasteiger partial charge in [-0.1, -0.05) is 24.9 Å². The van der Waals surface area contributed by atoms with Crippen LogP contribution in [0.15, 0.2) is 0 Å². The molecule has 0 saturated heterocycles. The molecule has 1 heterocycles. The van der Waals surface area contributed by atoms with Gasteiger partial charge in [0, 0.05) is 0 Å². The van der Waals surface area contributed by atoms with Crippen molar-refractivity contribution in [3.05, 3.63) is 16.5 Å². The van der Waals surface area contributed by atoms with E-state index in [0.717, 1.165) is 24.2 Å². The number of aromatic nitrogens is 2. The average Bonchev–Trinajstić information content (AvgIpc) is 2.14. The summed E-state index contributed by atoms with van der Waals surface area (Å²) in [5.41, 5.74) is 1.71. The molecule has 0 aliphatic heterocycles. The first kappa shape index (κ1) is 11.2. The lowest BCUT2D eigenvalue weighted by molar-refractivity contribution is 0.296. The van der Waals surface area contributed by atoms with Crippen LogP contribution in [0.4, 0.5) is 0 Å². The first-order valence-electron chi connectivity index (χ1n) is 4.78. The summed E-state index contributed by atoms with van der Waals surface area (Å²) in [6.07, 6.45) is 2.10. The minimum Gasteiger partial charge on any atom is -0.475 e. The highest BCUT2D eigenvalue weighted by Gasteiger charge is 2.07. The smallest absolute Gasteiger partial charge is 0.252 e. The Morgan fingerprint density at radius 2 is 1.86 bits per heavy atom. The van der Waals surface area contributed by atoms with Crippen LogP contribution in [0.5, 0.6) is 5.88 Å². The molecular formula is C10H15ClN2O. The first-order chi connectivity index (χ1) is 6.65. The van der Waals surface area contributed by atoms with Crippen LogP contribution in [0.25, 0.3) is 0 Å². The van der Waals surface area contributed by atoms with E-state index in [4.69, 9.17) is 16.3 Å². The van der Waals surface area contributed by atoms with Crippen LogP contribution in [-0.2, 0) is 0 Å². The van der Waals surface area contributed by atoms with E-state index >= 15 is 0 Å². The van der Waals surface area contributed by atoms with E-state index in [2.05, 4.69) is 16.9 Å². The van der Waals surface area contributed by atoms with Crippen molar-refractivity contribution in [3.63, 3.8) is 0 Å². The lowest BCUT2D eigenvalue weighted by Crippen LogP contribution is -2.02. The van der Waals surface area contributed by atoms with Crippen molar-refractivity contribution in [2.45, 2.75) is 33.6 Å². The monoisotopic (exact) mass is 214 g/mol. The first-order valence-corrected chi connectivity index (χ1v) is 5.16. The van der Waals surface area contributed by atoms with E-state index in [1.165, 1.54) is 0 Å². The number of unbranched alkanes of at least 4 members (excludes halogenated alkanes) is 1. The molecule has 0 amide bonds. The molecule has 4 heteroatoms. The third kappa shape index (κ3) is 2.84. The predicted octanol–water partition coefficient (Wildman–Crippen LogP) is 2.93. The minimum atomic E-state index is 0.351. The second-order valence-electron chi connectivity index (χ2n) is 3.19. The number of nitrogens with zero attached hydrogens (tertiary/aromatic N) is 2. The molecule has 0 fully saturated rings. The fourth-order valence-electron chi connectivity index (χ4n) is 0.960. The fraction of sp³-hybridized carbons (Fsp3) is 0.600. The van der Waals surface area contributed by atoms with Gasteiger partial charge in [0.05, 0.1) is 18.0 Å². The van der Waals surface area contributed by atoms with Crippen molar-refractivity contribution in [2.24, 2.45) is 0 Å². The minimum absolute atomic E-state index is 0.351. The second kappa shape index (κ2) is 5.15. The molecule has 0 aliphatic rings. The third-order valence-electron chi connectivity index (χ3n) is 1.97. The summed E-state index contributed by atoms with van der Waals surface area (Å²) >= 11 is 5.88. The lowest BCUT2D eigenvalue weighted by Gasteiger charge is -2.07. The van der Waals surface area contributed by atoms with E-state index in [-0.39, 0.29) is 0 Å². The predicted molar refractivity (Wildman–Crippen MR) is 56.9 cm³/mol. The van der Waals surface area contributed by atoms with Crippen LogP contribution in [0.3, 0.4) is 0 Å². The summed E-state index contributed by atoms with van der Waals surface area (Å²) < 4.78 is 5.41. The van der Waals surface area contributed by atoms with Crippen molar-refractivity contribution >= 4 is 11.6 Å². The van der Waals surface area contributed by atoms with Crippen LogP contribution in [0.2, 0.25) is 5.15 Å². The fourth-order valence-corrected chi connectivity index (χ4v) is 1.18. The Balaban J connectivity index is 2.72. The van der Waals surface area contributed by atoms with Gasteiger partial charge in [-0.05, 0) is 20.3 Å². The maximum Gasteiger partial charge on any atom is 0.252 e. The van der Waals surface area contributed by atoms with Crippen molar-refractivity contribution < 1.29 is 4.74 Å². The largest absolute Gasteiger partial charge is 0.475 e. The van der Waals surface area contributed by atoms with Crippen LogP contribution in [0.1, 0.15) is 31.2 Å². The molecule has 78 valence electrons. The number of hydrogen-bond donors (Lipinski definition) is 0. The van der Waals surface area contributed by atoms with Gasteiger partial charge in [-0.25, -0.2) is 9.97 Å². The van der Waals surface area contributed by atoms with Crippen LogP contribution in [-0.4, -0.2) is 16.6 Å². The molecule has 0 aromatic carbocycles. The highest BCUT2D eigenvalue weighted by Crippen LogP contribution is 2.20. The summed E-state index contributed by atoms with van der Waals surface area (Å²) in [7, 11) is 0. The number of ether oxygens (including phenoxy) is 1. The topological polar surface area (TPSA) is 35.0 Å². The van der Waals surface area contributed by atoms with Crippen molar-refractivity contribution in [3.8, 4) is 5.88 Å². The van der Waals surface area contributed by atoms with Gasteiger partial charge in [0.1, 0.15) is 0 Å². The Bertz CT molecular complexity index is 315. The molecule has 0 saturated carbocycles. The summed E-state index contributed by atoms with van der Waals surface area (Å²) in [6, 6.07) is 0. The van der Waals surface area contributed by atoms with E-state index in [0.29, 0.717) is 17.6 Å². The Labute approximate surface area is 89.5 Å². The molecule has 0 N–H and O–H groups in total. The Kier molecular flexibility index (Phi) is 4.14. The van der Waals surface area contributed by atoms with Gasteiger partial charge in [0.25, 0.3) is 5.88 Å². The zero-order valence-corrected chi connectivity index (χ0v) is 9.56. The van der Waals surface area contributed by atoms with Gasteiger partial charge >= 0.3 is 0 Å². The molecule has 0 aliphatic carbocycles. The quantitative estimate of drug-likeness (QED) is 0.723. The summed E-state index contributed by atoms with van der Waals surface area (Å²) in [5.74, 6) is 0.447. The van der Waals surface area contributed by atoms with Gasteiger partial charge < -0.3 is 4.74 Å². The van der Waals surface area contributed by atoms with Crippen molar-refractivity contribution in [1.29, 1.82) is 0 Å². The molecule has 0 atom stereocenters. The zero-order chi connectivity index (χ0) is 10.6. The number of hydrogen-bond acceptors (Lipinski definition) is 3. The van der Waals surface area contributed by atoms with E-state index in [9.17, 15) is 0 Å². The van der Waals surface area contributed by atoms with E-state index in [1.807, 2.05) is 13.8 Å². The Morgan fingerprint density at radius 1 is 1.21 bits per heavy atom. The Morgan fingerprint density at radius 3 is 2.50 bits per heavy atom. The highest BCUT2D eigenvalue weighted by molar-refractivity contribution is 6.30. The van der Waals surface area contributed by atoms with Gasteiger partial charge in [-0.3, -0.25) is 0 Å². The van der Waals surface area contributed by atoms with Gasteiger partial charge in [0.15, 0.2) is 5.15 Å². The van der Waals surface area contributed by atoms with Crippen LogP contribution >= 0.6 is 11.6 Å². The summed E-state index contributed by atoms with van der Waals surface area (Å²) in [5, 5.41) is 0.351. The maximum atomic E-state index is 5.88. The summed E-state index contributed by atoms with van der Waals surface area (Å²) in [4.78, 5) is 8.36. The zero-order valence-electron chi connectivity index (χ0n) is 8.80. The van der Waals surface area contributed by atoms with E-state index < -0.39 is 0 Å². The molecule has 3 nitrogen and oxygen atoms in total. The van der Waals surface area contributed by atoms with E-state index in [1.54, 1.807) is 0 Å². The molecular weight excluding hydrogens is 200 g/mol. The van der Waals surface area contributed by atoms with Gasteiger partial charge in [-0.15, -0.1) is 0 Å². The number of halogens is 1. The third-order valence-corrected chi connectivity index (χ3v) is 2.22. The normalized spacial score (nSPS) is 10.3. The molecule has 1 aromatic rings. The molecule has 0 radical (unpaired) electrons. The average molecular weight is 215 g/mol. The maximum absolute atomic E-state index is 5.88. The standard InChI is InChI=1S/C10H15ClN2O/c1-4-5-6-14-10-9(11)12-7(2)8(3)13-10/h4-6H2,1-3H3. The number of aryl methyl sites for hydroxylation is 2. The second-order valence-corrected chi connectivity index (χ2v) is 3.55. The lowest BCUT2D eigenvalue weighted by atomic mass is 10.3. The van der Waals surface area contributed by atoms with Gasteiger partial charge in [0.2, 0.25) is 0 Å². The molecule has 0 unspecified atom stereocenters. The number of rotatable bonds is 4. The SMILES string of the molecule is CCCCOc1nc(C)c(C)nc1Cl. The van der Waals surface area contributed by atoms with Crippen LogP contribution in [0, 0.1) is 13.8 Å².